The molecule has 4 N–H and O–H groups in total. The smallest absolute Gasteiger partial charge is 0.307 e. The Bertz CT molecular complexity index is 1450. The van der Waals surface area contributed by atoms with Gasteiger partial charge in [-0.25, -0.2) is 10.9 Å². The van der Waals surface area contributed by atoms with Gasteiger partial charge < -0.3 is 15.1 Å². The van der Waals surface area contributed by atoms with E-state index in [0.717, 1.165) is 36.8 Å². The Morgan fingerprint density at radius 2 is 1.07 bits per heavy atom. The van der Waals surface area contributed by atoms with Crippen LogP contribution >= 0.6 is 0 Å². The Morgan fingerprint density at radius 3 is 1.46 bits per heavy atom. The standard InChI is InChI=1S/C30H30N6O5/c1-17(21-5-3-7-23(15-21)31-27(37)19-9-10-19)33-35-29(39)25-13-14-26(41-25)30(40)36-34-18(2)22-6-4-8-24(16-22)32-28(38)20-11-12-20/h3-8,13-16,19-20H,9-12H2,1-2H3,(H,31,37)(H,32,38)(H,35,39)(H,36,40). The SMILES string of the molecule is CC(=NNC(=O)c1ccc(C(=O)NN=C(C)c2cccc(NC(=O)C3CC3)c2)o1)c1cccc(NC(=O)C2CC2)c1. The summed E-state index contributed by atoms with van der Waals surface area (Å²) in [4.78, 5) is 49.2. The highest BCUT2D eigenvalue weighted by Gasteiger charge is 2.30. The normalized spacial score (nSPS) is 15.2. The second-order valence-corrected chi connectivity index (χ2v) is 10.1. The number of anilines is 2. The zero-order valence-electron chi connectivity index (χ0n) is 22.7. The molecule has 0 bridgehead atoms. The van der Waals surface area contributed by atoms with Crippen molar-refractivity contribution in [2.75, 3.05) is 10.6 Å². The third-order valence-electron chi connectivity index (χ3n) is 6.70. The predicted octanol–water partition coefficient (Wildman–Crippen LogP) is 4.28. The van der Waals surface area contributed by atoms with Crippen LogP contribution in [0.25, 0.3) is 0 Å². The molecule has 3 aromatic rings. The third-order valence-corrected chi connectivity index (χ3v) is 6.70. The molecule has 2 fully saturated rings. The number of nitrogens with one attached hydrogen (secondary N) is 4. The average molecular weight is 555 g/mol. The molecule has 0 radical (unpaired) electrons. The van der Waals surface area contributed by atoms with Crippen LogP contribution in [0.5, 0.6) is 0 Å². The molecule has 2 aliphatic carbocycles. The van der Waals surface area contributed by atoms with Crippen molar-refractivity contribution in [1.29, 1.82) is 0 Å². The van der Waals surface area contributed by atoms with Gasteiger partial charge in [0.15, 0.2) is 11.5 Å². The molecule has 0 spiro atoms. The van der Waals surface area contributed by atoms with Gasteiger partial charge >= 0.3 is 11.8 Å². The highest BCUT2D eigenvalue weighted by molar-refractivity contribution is 6.03. The second kappa shape index (κ2) is 12.0. The van der Waals surface area contributed by atoms with Crippen LogP contribution < -0.4 is 21.5 Å². The van der Waals surface area contributed by atoms with Gasteiger partial charge in [-0.1, -0.05) is 24.3 Å². The lowest BCUT2D eigenvalue weighted by atomic mass is 10.1. The lowest BCUT2D eigenvalue weighted by Gasteiger charge is -2.07. The van der Waals surface area contributed by atoms with Crippen molar-refractivity contribution in [3.63, 3.8) is 0 Å². The minimum absolute atomic E-state index is 0.00638. The van der Waals surface area contributed by atoms with E-state index in [0.29, 0.717) is 22.8 Å². The fourth-order valence-corrected chi connectivity index (χ4v) is 3.91. The molecule has 210 valence electrons. The summed E-state index contributed by atoms with van der Waals surface area (Å²) in [6.45, 7) is 3.44. The van der Waals surface area contributed by atoms with Crippen molar-refractivity contribution in [2.45, 2.75) is 39.5 Å². The molecule has 0 aliphatic heterocycles. The van der Waals surface area contributed by atoms with Gasteiger partial charge in [0.25, 0.3) is 0 Å². The Kier molecular flexibility index (Phi) is 8.04. The zero-order chi connectivity index (χ0) is 28.9. The number of benzene rings is 2. The number of carbonyl (C=O) groups is 4. The summed E-state index contributed by atoms with van der Waals surface area (Å²) in [6.07, 6.45) is 3.66. The molecule has 11 nitrogen and oxygen atoms in total. The van der Waals surface area contributed by atoms with Crippen LogP contribution in [-0.4, -0.2) is 35.1 Å². The minimum Gasteiger partial charge on any atom is -0.446 e. The molecule has 0 unspecified atom stereocenters. The van der Waals surface area contributed by atoms with Crippen LogP contribution in [0.1, 0.15) is 71.8 Å². The van der Waals surface area contributed by atoms with Gasteiger partial charge in [0.2, 0.25) is 11.8 Å². The molecular weight excluding hydrogens is 524 g/mol. The van der Waals surface area contributed by atoms with Gasteiger partial charge in [-0.15, -0.1) is 0 Å². The van der Waals surface area contributed by atoms with Crippen LogP contribution in [0.3, 0.4) is 0 Å². The number of hydrogen-bond acceptors (Lipinski definition) is 7. The summed E-state index contributed by atoms with van der Waals surface area (Å²) >= 11 is 0. The fraction of sp³-hybridized carbons (Fsp3) is 0.267. The largest absolute Gasteiger partial charge is 0.446 e. The molecule has 0 atom stereocenters. The van der Waals surface area contributed by atoms with Gasteiger partial charge in [0.1, 0.15) is 0 Å². The maximum Gasteiger partial charge on any atom is 0.307 e. The van der Waals surface area contributed by atoms with Crippen LogP contribution in [-0.2, 0) is 9.59 Å². The van der Waals surface area contributed by atoms with E-state index < -0.39 is 11.8 Å². The van der Waals surface area contributed by atoms with Crippen molar-refractivity contribution in [3.8, 4) is 0 Å². The maximum absolute atomic E-state index is 12.6. The quantitative estimate of drug-likeness (QED) is 0.218. The predicted molar refractivity (Wildman–Crippen MR) is 154 cm³/mol. The first-order valence-corrected chi connectivity index (χ1v) is 13.4. The number of amides is 4. The lowest BCUT2D eigenvalue weighted by Crippen LogP contribution is -2.20. The zero-order valence-corrected chi connectivity index (χ0v) is 22.7. The van der Waals surface area contributed by atoms with E-state index in [1.807, 2.05) is 12.1 Å². The Hall–Kier alpha value is -5.06. The molecule has 5 rings (SSSR count). The van der Waals surface area contributed by atoms with Crippen molar-refractivity contribution in [2.24, 2.45) is 22.0 Å². The summed E-state index contributed by atoms with van der Waals surface area (Å²) < 4.78 is 5.41. The molecule has 0 saturated heterocycles. The van der Waals surface area contributed by atoms with Crippen molar-refractivity contribution >= 4 is 46.4 Å². The van der Waals surface area contributed by atoms with Crippen LogP contribution in [0.15, 0.2) is 75.3 Å². The van der Waals surface area contributed by atoms with Crippen LogP contribution in [0, 0.1) is 11.8 Å². The molecule has 4 amide bonds. The van der Waals surface area contributed by atoms with Gasteiger partial charge in [-0.2, -0.15) is 10.2 Å². The molecule has 41 heavy (non-hydrogen) atoms. The first kappa shape index (κ1) is 27.5. The van der Waals surface area contributed by atoms with Crippen molar-refractivity contribution < 1.29 is 23.6 Å². The van der Waals surface area contributed by atoms with Crippen LogP contribution in [0.2, 0.25) is 0 Å². The van der Waals surface area contributed by atoms with Gasteiger partial charge in [-0.05, 0) is 87.1 Å². The van der Waals surface area contributed by atoms with E-state index in [-0.39, 0.29) is 35.2 Å². The number of nitrogens with zero attached hydrogens (tertiary/aromatic N) is 2. The van der Waals surface area contributed by atoms with Gasteiger partial charge in [-0.3, -0.25) is 19.2 Å². The summed E-state index contributed by atoms with van der Waals surface area (Å²) in [6, 6.07) is 17.1. The fourth-order valence-electron chi connectivity index (χ4n) is 3.91. The number of rotatable bonds is 10. The topological polar surface area (TPSA) is 154 Å². The lowest BCUT2D eigenvalue weighted by molar-refractivity contribution is -0.118. The number of hydrogen-bond donors (Lipinski definition) is 4. The molecular formula is C30H30N6O5. The molecule has 2 saturated carbocycles. The average Bonchev–Trinajstić information content (AvgIpc) is 3.92. The highest BCUT2D eigenvalue weighted by atomic mass is 16.4. The summed E-state index contributed by atoms with van der Waals surface area (Å²) in [5.41, 5.74) is 8.64. The van der Waals surface area contributed by atoms with E-state index in [2.05, 4.69) is 31.7 Å². The monoisotopic (exact) mass is 554 g/mol. The van der Waals surface area contributed by atoms with Crippen LogP contribution in [0.4, 0.5) is 11.4 Å². The summed E-state index contributed by atoms with van der Waals surface area (Å²) in [7, 11) is 0. The molecule has 1 aromatic heterocycles. The Labute approximate surface area is 236 Å². The van der Waals surface area contributed by atoms with E-state index in [1.54, 1.807) is 50.2 Å². The van der Waals surface area contributed by atoms with Crippen molar-refractivity contribution in [1.82, 2.24) is 10.9 Å². The molecule has 2 aliphatic rings. The Balaban J connectivity index is 1.15. The first-order valence-electron chi connectivity index (χ1n) is 13.4. The number of carbonyl (C=O) groups excluding carboxylic acids is 4. The second-order valence-electron chi connectivity index (χ2n) is 10.1. The van der Waals surface area contributed by atoms with E-state index >= 15 is 0 Å². The first-order chi connectivity index (χ1) is 19.8. The van der Waals surface area contributed by atoms with E-state index in [4.69, 9.17) is 4.42 Å². The summed E-state index contributed by atoms with van der Waals surface area (Å²) in [5, 5.41) is 14.0. The maximum atomic E-state index is 12.6. The van der Waals surface area contributed by atoms with Gasteiger partial charge in [0, 0.05) is 23.2 Å². The number of hydrazone groups is 2. The molecule has 11 heteroatoms. The third kappa shape index (κ3) is 7.33. The summed E-state index contributed by atoms with van der Waals surface area (Å²) in [5.74, 6) is -1.27. The van der Waals surface area contributed by atoms with E-state index in [1.165, 1.54) is 12.1 Å². The minimum atomic E-state index is -0.633. The number of furan rings is 1. The van der Waals surface area contributed by atoms with Crippen molar-refractivity contribution in [3.05, 3.63) is 83.3 Å². The van der Waals surface area contributed by atoms with E-state index in [9.17, 15) is 19.2 Å². The van der Waals surface area contributed by atoms with Gasteiger partial charge in [0.05, 0.1) is 11.4 Å². The Morgan fingerprint density at radius 1 is 0.659 bits per heavy atom. The highest BCUT2D eigenvalue weighted by Crippen LogP contribution is 2.31. The molecule has 2 aromatic carbocycles. The molecule has 1 heterocycles.